The first kappa shape index (κ1) is 26.5. The van der Waals surface area contributed by atoms with Gasteiger partial charge in [0.25, 0.3) is 0 Å². The molecule has 192 valence electrons. The molecular weight excluding hydrogens is 545 g/mol. The van der Waals surface area contributed by atoms with E-state index in [-0.39, 0.29) is 43.8 Å². The number of aromatic hydroxyl groups is 2. The van der Waals surface area contributed by atoms with Gasteiger partial charge in [-0.2, -0.15) is 26.3 Å². The predicted molar refractivity (Wildman–Crippen MR) is 127 cm³/mol. The van der Waals surface area contributed by atoms with E-state index >= 15 is 0 Å². The van der Waals surface area contributed by atoms with Crippen LogP contribution in [0, 0.1) is 0 Å². The van der Waals surface area contributed by atoms with Crippen LogP contribution in [0.1, 0.15) is 11.1 Å². The topological polar surface area (TPSA) is 49.7 Å². The number of halogens is 8. The van der Waals surface area contributed by atoms with Crippen molar-refractivity contribution in [3.8, 4) is 45.3 Å². The minimum atomic E-state index is -4.51. The van der Waals surface area contributed by atoms with Crippen molar-refractivity contribution < 1.29 is 41.3 Å². The lowest BCUT2D eigenvalue weighted by Crippen LogP contribution is -2.04. The van der Waals surface area contributed by atoms with Gasteiger partial charge in [0.15, 0.2) is 0 Å². The van der Waals surface area contributed by atoms with E-state index in [2.05, 4.69) is 0 Å². The van der Waals surface area contributed by atoms with Crippen molar-refractivity contribution in [3.05, 3.63) is 94.0 Å². The normalized spacial score (nSPS) is 12.0. The largest absolute Gasteiger partial charge is 0.506 e. The maximum Gasteiger partial charge on any atom is 0.416 e. The lowest BCUT2D eigenvalue weighted by molar-refractivity contribution is -0.138. The van der Waals surface area contributed by atoms with Crippen molar-refractivity contribution in [1.82, 2.24) is 0 Å². The number of phenolic OH excluding ortho intramolecular Hbond substituents is 2. The summed E-state index contributed by atoms with van der Waals surface area (Å²) in [5.74, 6) is -1.06. The number of benzene rings is 4. The molecule has 0 aliphatic carbocycles. The van der Waals surface area contributed by atoms with Gasteiger partial charge in [0.2, 0.25) is 0 Å². The summed E-state index contributed by atoms with van der Waals surface area (Å²) in [5, 5.41) is 20.5. The van der Waals surface area contributed by atoms with Crippen LogP contribution >= 0.6 is 23.2 Å². The minimum Gasteiger partial charge on any atom is -0.506 e. The van der Waals surface area contributed by atoms with Crippen molar-refractivity contribution in [1.29, 1.82) is 0 Å². The van der Waals surface area contributed by atoms with Crippen molar-refractivity contribution >= 4 is 23.2 Å². The molecule has 0 atom stereocenters. The predicted octanol–water partition coefficient (Wildman–Crippen LogP) is 9.57. The number of ether oxygens (including phenoxy) is 1. The Kier molecular flexibility index (Phi) is 6.96. The lowest BCUT2D eigenvalue weighted by Gasteiger charge is -2.15. The number of phenols is 2. The molecule has 0 aliphatic heterocycles. The molecule has 3 nitrogen and oxygen atoms in total. The zero-order valence-corrected chi connectivity index (χ0v) is 19.8. The average Bonchev–Trinajstić information content (AvgIpc) is 2.84. The Balaban J connectivity index is 1.61. The fourth-order valence-corrected chi connectivity index (χ4v) is 3.92. The van der Waals surface area contributed by atoms with E-state index in [0.717, 1.165) is 24.3 Å². The van der Waals surface area contributed by atoms with E-state index in [4.69, 9.17) is 27.9 Å². The maximum atomic E-state index is 12.8. The van der Waals surface area contributed by atoms with Crippen LogP contribution in [0.5, 0.6) is 23.0 Å². The maximum absolute atomic E-state index is 12.8. The number of rotatable bonds is 4. The first-order valence-corrected chi connectivity index (χ1v) is 11.1. The molecule has 0 radical (unpaired) electrons. The summed E-state index contributed by atoms with van der Waals surface area (Å²) in [6.45, 7) is 0. The van der Waals surface area contributed by atoms with Crippen LogP contribution in [0.25, 0.3) is 22.3 Å². The third-order valence-corrected chi connectivity index (χ3v) is 6.16. The molecule has 2 N–H and O–H groups in total. The zero-order chi connectivity index (χ0) is 27.1. The van der Waals surface area contributed by atoms with Gasteiger partial charge in [-0.3, -0.25) is 0 Å². The van der Waals surface area contributed by atoms with Crippen LogP contribution in [-0.4, -0.2) is 10.2 Å². The number of alkyl halides is 6. The Bertz CT molecular complexity index is 1340. The molecule has 0 saturated carbocycles. The van der Waals surface area contributed by atoms with Crippen molar-refractivity contribution in [3.63, 3.8) is 0 Å². The van der Waals surface area contributed by atoms with Gasteiger partial charge < -0.3 is 14.9 Å². The zero-order valence-electron chi connectivity index (χ0n) is 18.3. The van der Waals surface area contributed by atoms with Crippen LogP contribution in [0.4, 0.5) is 26.3 Å². The van der Waals surface area contributed by atoms with E-state index in [1.54, 1.807) is 0 Å². The molecule has 0 amide bonds. The van der Waals surface area contributed by atoms with Gasteiger partial charge in [0, 0.05) is 11.1 Å². The first-order chi connectivity index (χ1) is 17.3. The van der Waals surface area contributed by atoms with Crippen molar-refractivity contribution in [2.75, 3.05) is 0 Å². The van der Waals surface area contributed by atoms with E-state index in [9.17, 15) is 36.6 Å². The summed E-state index contributed by atoms with van der Waals surface area (Å²) < 4.78 is 82.5. The summed E-state index contributed by atoms with van der Waals surface area (Å²) in [7, 11) is 0. The highest BCUT2D eigenvalue weighted by molar-refractivity contribution is 6.35. The van der Waals surface area contributed by atoms with Gasteiger partial charge in [-0.15, -0.1) is 0 Å². The second-order valence-corrected chi connectivity index (χ2v) is 8.56. The molecule has 0 unspecified atom stereocenters. The van der Waals surface area contributed by atoms with E-state index in [1.807, 2.05) is 0 Å². The summed E-state index contributed by atoms with van der Waals surface area (Å²) in [4.78, 5) is 0. The summed E-state index contributed by atoms with van der Waals surface area (Å²) in [5.41, 5.74) is -0.853. The Hall–Kier alpha value is -3.56. The molecule has 0 bridgehead atoms. The smallest absolute Gasteiger partial charge is 0.416 e. The number of hydrogen-bond acceptors (Lipinski definition) is 3. The Morgan fingerprint density at radius 2 is 0.838 bits per heavy atom. The quantitative estimate of drug-likeness (QED) is 0.245. The highest BCUT2D eigenvalue weighted by Crippen LogP contribution is 2.47. The van der Waals surface area contributed by atoms with E-state index in [0.29, 0.717) is 0 Å². The average molecular weight is 559 g/mol. The lowest BCUT2D eigenvalue weighted by atomic mass is 10.0. The molecule has 4 aromatic rings. The molecule has 37 heavy (non-hydrogen) atoms. The second kappa shape index (κ2) is 9.72. The fourth-order valence-electron chi connectivity index (χ4n) is 3.51. The highest BCUT2D eigenvalue weighted by atomic mass is 35.5. The molecule has 0 spiro atoms. The third-order valence-electron chi connectivity index (χ3n) is 5.43. The van der Waals surface area contributed by atoms with Gasteiger partial charge in [-0.25, -0.2) is 0 Å². The summed E-state index contributed by atoms with van der Waals surface area (Å²) >= 11 is 12.4. The highest BCUT2D eigenvalue weighted by Gasteiger charge is 2.31. The van der Waals surface area contributed by atoms with Crippen molar-refractivity contribution in [2.24, 2.45) is 0 Å². The third kappa shape index (κ3) is 5.42. The van der Waals surface area contributed by atoms with Crippen LogP contribution < -0.4 is 4.74 Å². The van der Waals surface area contributed by atoms with Gasteiger partial charge in [-0.05, 0) is 59.7 Å². The molecule has 0 aromatic heterocycles. The van der Waals surface area contributed by atoms with Gasteiger partial charge in [-0.1, -0.05) is 47.5 Å². The molecule has 4 rings (SSSR count). The summed E-state index contributed by atoms with van der Waals surface area (Å²) in [6, 6.07) is 13.7. The molecule has 4 aromatic carbocycles. The summed E-state index contributed by atoms with van der Waals surface area (Å²) in [6.07, 6.45) is -9.02. The van der Waals surface area contributed by atoms with Gasteiger partial charge in [0.05, 0.1) is 11.1 Å². The van der Waals surface area contributed by atoms with Crippen molar-refractivity contribution in [2.45, 2.75) is 12.4 Å². The molecule has 0 heterocycles. The molecule has 0 saturated heterocycles. The molecule has 0 fully saturated rings. The minimum absolute atomic E-state index is 0.0709. The SMILES string of the molecule is Oc1c(-c2ccc(C(F)(F)F)cc2)ccc(Oc2ccc(-c3ccc(C(F)(F)F)cc3)c(O)c2Cl)c1Cl. The Morgan fingerprint density at radius 1 is 0.514 bits per heavy atom. The Morgan fingerprint density at radius 3 is 1.14 bits per heavy atom. The number of hydrogen-bond donors (Lipinski definition) is 2. The molecule has 11 heteroatoms. The molecular formula is C26H14Cl2F6O3. The van der Waals surface area contributed by atoms with Gasteiger partial charge >= 0.3 is 12.4 Å². The first-order valence-electron chi connectivity index (χ1n) is 10.3. The van der Waals surface area contributed by atoms with Crippen LogP contribution in [0.2, 0.25) is 10.0 Å². The monoisotopic (exact) mass is 558 g/mol. The second-order valence-electron chi connectivity index (χ2n) is 7.80. The van der Waals surface area contributed by atoms with Crippen LogP contribution in [-0.2, 0) is 12.4 Å². The van der Waals surface area contributed by atoms with E-state index in [1.165, 1.54) is 48.5 Å². The molecule has 0 aliphatic rings. The van der Waals surface area contributed by atoms with Gasteiger partial charge in [0.1, 0.15) is 33.0 Å². The van der Waals surface area contributed by atoms with Crippen LogP contribution in [0.3, 0.4) is 0 Å². The fraction of sp³-hybridized carbons (Fsp3) is 0.0769. The van der Waals surface area contributed by atoms with Crippen LogP contribution in [0.15, 0.2) is 72.8 Å². The Labute approximate surface area is 216 Å². The standard InChI is InChI=1S/C26H14Cl2F6O3/c27-21-19(11-9-17(23(21)35)13-1-5-15(6-2-13)25(29,30)31)37-20-12-10-18(24(36)22(20)28)14-3-7-16(8-4-14)26(32,33)34/h1-12,35-36H. The van der Waals surface area contributed by atoms with E-state index < -0.39 is 35.0 Å².